The second-order valence-corrected chi connectivity index (χ2v) is 7.28. The van der Waals surface area contributed by atoms with E-state index in [0.717, 1.165) is 23.4 Å². The number of methoxy groups -OCH3 is 2. The average molecular weight is 435 g/mol. The number of hydrogen-bond acceptors (Lipinski definition) is 6. The minimum atomic E-state index is -0.642. The largest absolute Gasteiger partial charge is 0.497 e. The Kier molecular flexibility index (Phi) is 6.56. The van der Waals surface area contributed by atoms with Gasteiger partial charge in [0.05, 0.1) is 36.4 Å². The molecule has 9 heteroatoms. The van der Waals surface area contributed by atoms with Gasteiger partial charge in [-0.3, -0.25) is 9.69 Å². The molecule has 0 saturated carbocycles. The van der Waals surface area contributed by atoms with Crippen molar-refractivity contribution in [2.45, 2.75) is 6.54 Å². The van der Waals surface area contributed by atoms with E-state index in [4.69, 9.17) is 16.3 Å². The number of amidine groups is 1. The minimum Gasteiger partial charge on any atom is -0.497 e. The van der Waals surface area contributed by atoms with Crippen LogP contribution >= 0.6 is 23.4 Å². The Balaban J connectivity index is 1.96. The maximum Gasteiger partial charge on any atom is 0.331 e. The first-order chi connectivity index (χ1) is 13.9. The molecule has 0 unspecified atom stereocenters. The molecule has 2 aromatic rings. The van der Waals surface area contributed by atoms with Crippen LogP contribution in [0.1, 0.15) is 5.56 Å². The number of benzene rings is 2. The fraction of sp³-hybridized carbons (Fsp3) is 0.150. The second kappa shape index (κ2) is 9.11. The normalized spacial score (nSPS) is 16.6. The monoisotopic (exact) mass is 434 g/mol. The van der Waals surface area contributed by atoms with Crippen LogP contribution in [0.3, 0.4) is 0 Å². The fourth-order valence-electron chi connectivity index (χ4n) is 2.48. The van der Waals surface area contributed by atoms with Crippen molar-refractivity contribution in [1.82, 2.24) is 4.90 Å². The molecule has 6 nitrogen and oxygen atoms in total. The highest BCUT2D eigenvalue weighted by atomic mass is 35.5. The molecule has 3 rings (SSSR count). The summed E-state index contributed by atoms with van der Waals surface area (Å²) in [6, 6.07) is 11.2. The van der Waals surface area contributed by atoms with Gasteiger partial charge < -0.3 is 9.47 Å². The third-order valence-electron chi connectivity index (χ3n) is 3.97. The zero-order valence-electron chi connectivity index (χ0n) is 15.5. The van der Waals surface area contributed by atoms with Gasteiger partial charge in [-0.2, -0.15) is 0 Å². The number of halogens is 2. The van der Waals surface area contributed by atoms with Crippen molar-refractivity contribution in [1.29, 1.82) is 0 Å². The van der Waals surface area contributed by atoms with Gasteiger partial charge >= 0.3 is 5.97 Å². The van der Waals surface area contributed by atoms with Gasteiger partial charge in [0.1, 0.15) is 11.6 Å². The first kappa shape index (κ1) is 20.9. The molecular weight excluding hydrogens is 419 g/mol. The average Bonchev–Trinajstić information content (AvgIpc) is 3.00. The zero-order chi connectivity index (χ0) is 21.0. The number of aliphatic imine (C=N–C) groups is 1. The number of carbonyl (C=O) groups is 2. The lowest BCUT2D eigenvalue weighted by atomic mass is 10.2. The van der Waals surface area contributed by atoms with Crippen LogP contribution in [0.25, 0.3) is 0 Å². The zero-order valence-corrected chi connectivity index (χ0v) is 17.1. The van der Waals surface area contributed by atoms with E-state index in [-0.39, 0.29) is 22.4 Å². The van der Waals surface area contributed by atoms with Crippen molar-refractivity contribution in [3.63, 3.8) is 0 Å². The molecule has 0 aromatic heterocycles. The van der Waals surface area contributed by atoms with Crippen LogP contribution in [0.15, 0.2) is 58.4 Å². The van der Waals surface area contributed by atoms with Gasteiger partial charge in [-0.15, -0.1) is 0 Å². The standard InChI is InChI=1S/C20H16ClFN2O4S/c1-27-14-6-3-12(4-7-14)11-24-19(26)17(10-18(25)28-2)29-20(24)23-13-5-8-16(22)15(21)9-13/h3-10H,11H2,1-2H3. The number of hydrogen-bond donors (Lipinski definition) is 0. The van der Waals surface area contributed by atoms with Crippen molar-refractivity contribution in [3.8, 4) is 5.75 Å². The summed E-state index contributed by atoms with van der Waals surface area (Å²) in [6.45, 7) is 0.224. The summed E-state index contributed by atoms with van der Waals surface area (Å²) in [5.41, 5.74) is 1.22. The molecule has 0 atom stereocenters. The highest BCUT2D eigenvalue weighted by Gasteiger charge is 2.34. The van der Waals surface area contributed by atoms with Gasteiger partial charge in [-0.25, -0.2) is 14.2 Å². The Morgan fingerprint density at radius 2 is 1.97 bits per heavy atom. The van der Waals surface area contributed by atoms with Crippen LogP contribution in [-0.4, -0.2) is 36.2 Å². The molecule has 1 amide bonds. The third kappa shape index (κ3) is 4.96. The SMILES string of the molecule is COC(=O)C=C1SC(=Nc2ccc(F)c(Cl)c2)N(Cc2ccc(OC)cc2)C1=O. The predicted molar refractivity (Wildman–Crippen MR) is 110 cm³/mol. The maximum atomic E-state index is 13.4. The number of nitrogens with zero attached hydrogens (tertiary/aromatic N) is 2. The predicted octanol–water partition coefficient (Wildman–Crippen LogP) is 4.31. The Morgan fingerprint density at radius 1 is 1.24 bits per heavy atom. The summed E-state index contributed by atoms with van der Waals surface area (Å²) in [5, 5.41) is 0.261. The lowest BCUT2D eigenvalue weighted by Gasteiger charge is -2.16. The first-order valence-corrected chi connectivity index (χ1v) is 9.56. The van der Waals surface area contributed by atoms with Gasteiger partial charge in [0.15, 0.2) is 5.17 Å². The maximum absolute atomic E-state index is 13.4. The highest BCUT2D eigenvalue weighted by Crippen LogP contribution is 2.34. The van der Waals surface area contributed by atoms with Gasteiger partial charge in [0.25, 0.3) is 5.91 Å². The van der Waals surface area contributed by atoms with Crippen LogP contribution in [-0.2, 0) is 20.9 Å². The Hall–Kier alpha value is -2.84. The van der Waals surface area contributed by atoms with E-state index < -0.39 is 11.8 Å². The summed E-state index contributed by atoms with van der Waals surface area (Å²) >= 11 is 6.85. The van der Waals surface area contributed by atoms with Crippen molar-refractivity contribution >= 4 is 46.1 Å². The van der Waals surface area contributed by atoms with Crippen LogP contribution in [0.4, 0.5) is 10.1 Å². The van der Waals surface area contributed by atoms with E-state index in [1.807, 2.05) is 12.1 Å². The molecule has 1 saturated heterocycles. The molecule has 0 N–H and O–H groups in total. The summed E-state index contributed by atoms with van der Waals surface area (Å²) in [6.07, 6.45) is 1.12. The number of thioether (sulfide) groups is 1. The van der Waals surface area contributed by atoms with Crippen LogP contribution in [0.2, 0.25) is 5.02 Å². The van der Waals surface area contributed by atoms with Crippen LogP contribution in [0.5, 0.6) is 5.75 Å². The molecule has 0 spiro atoms. The lowest BCUT2D eigenvalue weighted by Crippen LogP contribution is -2.28. The Morgan fingerprint density at radius 3 is 2.59 bits per heavy atom. The van der Waals surface area contributed by atoms with Gasteiger partial charge in [-0.1, -0.05) is 23.7 Å². The first-order valence-electron chi connectivity index (χ1n) is 8.37. The molecule has 0 aliphatic carbocycles. The van der Waals surface area contributed by atoms with Crippen LogP contribution < -0.4 is 4.74 Å². The molecule has 2 aromatic carbocycles. The Bertz CT molecular complexity index is 1010. The molecule has 150 valence electrons. The third-order valence-corrected chi connectivity index (χ3v) is 5.26. The Labute approximate surface area is 176 Å². The molecule has 1 aliphatic rings. The topological polar surface area (TPSA) is 68.2 Å². The van der Waals surface area contributed by atoms with Crippen LogP contribution in [0, 0.1) is 5.82 Å². The molecule has 1 fully saturated rings. The summed E-state index contributed by atoms with van der Waals surface area (Å²) in [4.78, 5) is 30.5. The summed E-state index contributed by atoms with van der Waals surface area (Å²) < 4.78 is 23.2. The van der Waals surface area contributed by atoms with Crippen molar-refractivity contribution in [2.75, 3.05) is 14.2 Å². The number of rotatable bonds is 5. The van der Waals surface area contributed by atoms with Gasteiger partial charge in [-0.05, 0) is 47.7 Å². The molecular formula is C20H16ClFN2O4S. The fourth-order valence-corrected chi connectivity index (χ4v) is 3.61. The second-order valence-electron chi connectivity index (χ2n) is 5.87. The van der Waals surface area contributed by atoms with Crippen molar-refractivity contribution in [2.24, 2.45) is 4.99 Å². The molecule has 1 heterocycles. The summed E-state index contributed by atoms with van der Waals surface area (Å²) in [5.74, 6) is -0.899. The van der Waals surface area contributed by atoms with E-state index in [9.17, 15) is 14.0 Å². The number of esters is 1. The number of ether oxygens (including phenoxy) is 2. The number of carbonyl (C=O) groups excluding carboxylic acids is 2. The minimum absolute atomic E-state index is 0.0757. The van der Waals surface area contributed by atoms with E-state index in [1.165, 1.54) is 30.2 Å². The van der Waals surface area contributed by atoms with Crippen molar-refractivity contribution in [3.05, 3.63) is 69.8 Å². The number of amides is 1. The molecule has 0 radical (unpaired) electrons. The van der Waals surface area contributed by atoms with E-state index in [2.05, 4.69) is 9.73 Å². The smallest absolute Gasteiger partial charge is 0.331 e. The quantitative estimate of drug-likeness (QED) is 0.518. The van der Waals surface area contributed by atoms with E-state index in [0.29, 0.717) is 16.6 Å². The van der Waals surface area contributed by atoms with E-state index >= 15 is 0 Å². The van der Waals surface area contributed by atoms with Gasteiger partial charge in [0.2, 0.25) is 0 Å². The molecule has 1 aliphatic heterocycles. The highest BCUT2D eigenvalue weighted by molar-refractivity contribution is 8.18. The molecule has 0 bridgehead atoms. The lowest BCUT2D eigenvalue weighted by molar-refractivity contribution is -0.135. The van der Waals surface area contributed by atoms with Crippen molar-refractivity contribution < 1.29 is 23.5 Å². The van der Waals surface area contributed by atoms with E-state index in [1.54, 1.807) is 19.2 Å². The molecule has 29 heavy (non-hydrogen) atoms. The van der Waals surface area contributed by atoms with Gasteiger partial charge in [0, 0.05) is 6.08 Å². The summed E-state index contributed by atoms with van der Waals surface area (Å²) in [7, 11) is 2.80.